The average molecular weight is 268 g/mol. The lowest BCUT2D eigenvalue weighted by Crippen LogP contribution is -2.13. The molecule has 1 aromatic carbocycles. The highest BCUT2D eigenvalue weighted by Crippen LogP contribution is 2.30. The third-order valence-electron chi connectivity index (χ3n) is 3.35. The van der Waals surface area contributed by atoms with Crippen LogP contribution in [0.2, 0.25) is 0 Å². The van der Waals surface area contributed by atoms with E-state index in [2.05, 4.69) is 10.3 Å². The van der Waals surface area contributed by atoms with Crippen LogP contribution < -0.4 is 5.32 Å². The van der Waals surface area contributed by atoms with Gasteiger partial charge in [0.05, 0.1) is 6.42 Å². The number of benzene rings is 1. The Balaban J connectivity index is 2.04. The topological polar surface area (TPSA) is 79.3 Å². The quantitative estimate of drug-likeness (QED) is 0.889. The lowest BCUT2D eigenvalue weighted by atomic mass is 9.91. The van der Waals surface area contributed by atoms with E-state index >= 15 is 0 Å². The Hall–Kier alpha value is -2.69. The molecule has 2 heterocycles. The molecule has 0 saturated heterocycles. The highest BCUT2D eigenvalue weighted by molar-refractivity contribution is 5.99. The monoisotopic (exact) mass is 268 g/mol. The summed E-state index contributed by atoms with van der Waals surface area (Å²) in [6, 6.07) is 8.71. The summed E-state index contributed by atoms with van der Waals surface area (Å²) in [6.45, 7) is 0. The van der Waals surface area contributed by atoms with Crippen LogP contribution in [-0.2, 0) is 16.0 Å². The normalized spacial score (nSPS) is 14.5. The molecular formula is C15H12N2O3. The lowest BCUT2D eigenvalue weighted by Gasteiger charge is -2.13. The molecule has 0 fully saturated rings. The Morgan fingerprint density at radius 2 is 2.15 bits per heavy atom. The molecule has 2 aromatic rings. The lowest BCUT2D eigenvalue weighted by molar-refractivity contribution is -0.137. The minimum absolute atomic E-state index is 0.0644. The van der Waals surface area contributed by atoms with E-state index in [-0.39, 0.29) is 5.91 Å². The molecule has 1 atom stereocenters. The van der Waals surface area contributed by atoms with Crippen LogP contribution in [0.4, 0.5) is 5.69 Å². The van der Waals surface area contributed by atoms with Crippen molar-refractivity contribution in [3.05, 3.63) is 59.4 Å². The van der Waals surface area contributed by atoms with Gasteiger partial charge in [0.1, 0.15) is 5.92 Å². The second kappa shape index (κ2) is 4.77. The number of carboxylic acids is 1. The number of carboxylic acid groups (broad SMARTS) is 1. The summed E-state index contributed by atoms with van der Waals surface area (Å²) in [4.78, 5) is 26.9. The van der Waals surface area contributed by atoms with Crippen molar-refractivity contribution in [3.63, 3.8) is 0 Å². The van der Waals surface area contributed by atoms with Gasteiger partial charge in [-0.15, -0.1) is 0 Å². The van der Waals surface area contributed by atoms with E-state index in [9.17, 15) is 14.7 Å². The van der Waals surface area contributed by atoms with Crippen LogP contribution in [0.1, 0.15) is 22.6 Å². The van der Waals surface area contributed by atoms with E-state index in [0.29, 0.717) is 17.5 Å². The Morgan fingerprint density at radius 1 is 1.30 bits per heavy atom. The zero-order valence-corrected chi connectivity index (χ0v) is 10.5. The van der Waals surface area contributed by atoms with Crippen molar-refractivity contribution in [2.75, 3.05) is 5.32 Å². The minimum atomic E-state index is -0.935. The highest BCUT2D eigenvalue weighted by Gasteiger charge is 2.25. The Bertz CT molecular complexity index is 683. The number of aliphatic carboxylic acids is 1. The fourth-order valence-corrected chi connectivity index (χ4v) is 2.45. The molecular weight excluding hydrogens is 256 g/mol. The van der Waals surface area contributed by atoms with Crippen molar-refractivity contribution >= 4 is 17.6 Å². The Labute approximate surface area is 115 Å². The summed E-state index contributed by atoms with van der Waals surface area (Å²) >= 11 is 0. The van der Waals surface area contributed by atoms with Gasteiger partial charge in [-0.1, -0.05) is 18.2 Å². The fraction of sp³-hybridized carbons (Fsp3) is 0.133. The molecule has 1 amide bonds. The molecule has 0 saturated carbocycles. The van der Waals surface area contributed by atoms with Gasteiger partial charge in [-0.2, -0.15) is 0 Å². The maximum Gasteiger partial charge on any atom is 0.315 e. The molecule has 0 aliphatic carbocycles. The average Bonchev–Trinajstić information content (AvgIpc) is 2.79. The predicted octanol–water partition coefficient (Wildman–Crippen LogP) is 1.79. The van der Waals surface area contributed by atoms with Crippen molar-refractivity contribution in [3.8, 4) is 0 Å². The molecule has 1 unspecified atom stereocenters. The van der Waals surface area contributed by atoms with Gasteiger partial charge in [-0.3, -0.25) is 14.6 Å². The maximum absolute atomic E-state index is 11.6. The SMILES string of the molecule is O=C1Cc2cc(C(C(=O)O)c3cccnc3)ccc2N1. The number of aromatic nitrogens is 1. The summed E-state index contributed by atoms with van der Waals surface area (Å²) < 4.78 is 0. The number of nitrogens with one attached hydrogen (secondary N) is 1. The number of fused-ring (bicyclic) bond motifs is 1. The minimum Gasteiger partial charge on any atom is -0.481 e. The van der Waals surface area contributed by atoms with E-state index in [0.717, 1.165) is 11.3 Å². The number of pyridine rings is 1. The van der Waals surface area contributed by atoms with Gasteiger partial charge >= 0.3 is 5.97 Å². The maximum atomic E-state index is 11.6. The van der Waals surface area contributed by atoms with E-state index < -0.39 is 11.9 Å². The second-order valence-corrected chi connectivity index (χ2v) is 4.70. The van der Waals surface area contributed by atoms with Crippen LogP contribution in [0.3, 0.4) is 0 Å². The number of hydrogen-bond acceptors (Lipinski definition) is 3. The van der Waals surface area contributed by atoms with E-state index in [4.69, 9.17) is 0 Å². The summed E-state index contributed by atoms with van der Waals surface area (Å²) in [5, 5.41) is 12.2. The number of rotatable bonds is 3. The molecule has 1 aliphatic heterocycles. The standard InChI is InChI=1S/C15H12N2O3/c18-13-7-11-6-9(3-4-12(11)17-13)14(15(19)20)10-2-1-5-16-8-10/h1-6,8,14H,7H2,(H,17,18)(H,19,20). The molecule has 1 aliphatic rings. The van der Waals surface area contributed by atoms with Gasteiger partial charge in [-0.05, 0) is 28.8 Å². The van der Waals surface area contributed by atoms with E-state index in [1.807, 2.05) is 0 Å². The van der Waals surface area contributed by atoms with Crippen LogP contribution in [0, 0.1) is 0 Å². The van der Waals surface area contributed by atoms with Crippen molar-refractivity contribution in [2.24, 2.45) is 0 Å². The second-order valence-electron chi connectivity index (χ2n) is 4.70. The van der Waals surface area contributed by atoms with Crippen molar-refractivity contribution in [1.29, 1.82) is 0 Å². The molecule has 2 N–H and O–H groups in total. The van der Waals surface area contributed by atoms with Crippen LogP contribution >= 0.6 is 0 Å². The largest absolute Gasteiger partial charge is 0.481 e. The van der Waals surface area contributed by atoms with Gasteiger partial charge in [0.2, 0.25) is 5.91 Å². The smallest absolute Gasteiger partial charge is 0.315 e. The van der Waals surface area contributed by atoms with Gasteiger partial charge in [0.25, 0.3) is 0 Å². The summed E-state index contributed by atoms with van der Waals surface area (Å²) in [5.41, 5.74) is 2.87. The zero-order valence-electron chi connectivity index (χ0n) is 10.5. The first kappa shape index (κ1) is 12.3. The van der Waals surface area contributed by atoms with Gasteiger partial charge in [-0.25, -0.2) is 0 Å². The predicted molar refractivity (Wildman–Crippen MR) is 72.5 cm³/mol. The van der Waals surface area contributed by atoms with Crippen molar-refractivity contribution in [1.82, 2.24) is 4.98 Å². The van der Waals surface area contributed by atoms with Gasteiger partial charge < -0.3 is 10.4 Å². The first-order valence-electron chi connectivity index (χ1n) is 6.20. The number of carbonyl (C=O) groups is 2. The molecule has 0 spiro atoms. The molecule has 5 nitrogen and oxygen atoms in total. The number of hydrogen-bond donors (Lipinski definition) is 2. The van der Waals surface area contributed by atoms with Crippen LogP contribution in [0.25, 0.3) is 0 Å². The zero-order chi connectivity index (χ0) is 14.1. The number of anilines is 1. The van der Waals surface area contributed by atoms with Crippen LogP contribution in [0.15, 0.2) is 42.7 Å². The highest BCUT2D eigenvalue weighted by atomic mass is 16.4. The first-order valence-corrected chi connectivity index (χ1v) is 6.20. The molecule has 20 heavy (non-hydrogen) atoms. The first-order chi connectivity index (χ1) is 9.65. The van der Waals surface area contributed by atoms with E-state index in [1.54, 1.807) is 42.7 Å². The summed E-state index contributed by atoms with van der Waals surface area (Å²) in [7, 11) is 0. The van der Waals surface area contributed by atoms with E-state index in [1.165, 1.54) is 0 Å². The molecule has 1 aromatic heterocycles. The summed E-state index contributed by atoms with van der Waals surface area (Å²) in [5.74, 6) is -1.77. The third kappa shape index (κ3) is 2.14. The molecule has 100 valence electrons. The fourth-order valence-electron chi connectivity index (χ4n) is 2.45. The molecule has 0 bridgehead atoms. The molecule has 5 heteroatoms. The van der Waals surface area contributed by atoms with Crippen LogP contribution in [-0.4, -0.2) is 22.0 Å². The number of nitrogens with zero attached hydrogens (tertiary/aromatic N) is 1. The Morgan fingerprint density at radius 3 is 2.85 bits per heavy atom. The van der Waals surface area contributed by atoms with Gasteiger partial charge in [0, 0.05) is 18.1 Å². The Kier molecular flexibility index (Phi) is 2.95. The number of carbonyl (C=O) groups excluding carboxylic acids is 1. The van der Waals surface area contributed by atoms with Crippen molar-refractivity contribution in [2.45, 2.75) is 12.3 Å². The number of amides is 1. The van der Waals surface area contributed by atoms with Gasteiger partial charge in [0.15, 0.2) is 0 Å². The third-order valence-corrected chi connectivity index (χ3v) is 3.35. The molecule has 3 rings (SSSR count). The molecule has 0 radical (unpaired) electrons. The van der Waals surface area contributed by atoms with Crippen molar-refractivity contribution < 1.29 is 14.7 Å². The summed E-state index contributed by atoms with van der Waals surface area (Å²) in [6.07, 6.45) is 3.45. The van der Waals surface area contributed by atoms with Crippen LogP contribution in [0.5, 0.6) is 0 Å².